The maximum absolute atomic E-state index is 12.9. The predicted octanol–water partition coefficient (Wildman–Crippen LogP) is 3.14. The lowest BCUT2D eigenvalue weighted by atomic mass is 10.1. The summed E-state index contributed by atoms with van der Waals surface area (Å²) < 4.78 is 0. The smallest absolute Gasteiger partial charge is 0.257 e. The molecule has 2 aromatic heterocycles. The second-order valence-electron chi connectivity index (χ2n) is 6.60. The molecule has 25 heavy (non-hydrogen) atoms. The molecular formula is C20H22N4O. The molecule has 0 aliphatic carbocycles. The molecule has 3 aromatic rings. The summed E-state index contributed by atoms with van der Waals surface area (Å²) in [5, 5.41) is 0. The van der Waals surface area contributed by atoms with Crippen molar-refractivity contribution in [3.8, 4) is 0 Å². The zero-order valence-electron chi connectivity index (χ0n) is 14.6. The fourth-order valence-corrected chi connectivity index (χ4v) is 3.52. The van der Waals surface area contributed by atoms with Gasteiger partial charge in [0, 0.05) is 44.3 Å². The van der Waals surface area contributed by atoms with E-state index < -0.39 is 0 Å². The van der Waals surface area contributed by atoms with E-state index in [1.165, 1.54) is 16.8 Å². The van der Waals surface area contributed by atoms with Gasteiger partial charge in [0.05, 0.1) is 11.1 Å². The lowest BCUT2D eigenvalue weighted by Crippen LogP contribution is -2.49. The molecule has 5 heteroatoms. The van der Waals surface area contributed by atoms with E-state index in [0.29, 0.717) is 5.56 Å². The van der Waals surface area contributed by atoms with Gasteiger partial charge in [0.25, 0.3) is 5.91 Å². The molecule has 0 bridgehead atoms. The molecule has 0 atom stereocenters. The Morgan fingerprint density at radius 1 is 1.08 bits per heavy atom. The van der Waals surface area contributed by atoms with Gasteiger partial charge in [-0.25, -0.2) is 0 Å². The van der Waals surface area contributed by atoms with Gasteiger partial charge in [-0.3, -0.25) is 9.78 Å². The van der Waals surface area contributed by atoms with Gasteiger partial charge in [-0.1, -0.05) is 12.1 Å². The molecule has 5 nitrogen and oxygen atoms in total. The minimum Gasteiger partial charge on any atom is -0.368 e. The number of nitrogens with zero attached hydrogens (tertiary/aromatic N) is 3. The number of rotatable bonds is 2. The summed E-state index contributed by atoms with van der Waals surface area (Å²) in [4.78, 5) is 24.7. The van der Waals surface area contributed by atoms with Gasteiger partial charge in [0.2, 0.25) is 0 Å². The summed E-state index contributed by atoms with van der Waals surface area (Å²) in [6, 6.07) is 10.2. The van der Waals surface area contributed by atoms with Gasteiger partial charge in [-0.2, -0.15) is 0 Å². The third kappa shape index (κ3) is 2.76. The highest BCUT2D eigenvalue weighted by molar-refractivity contribution is 6.05. The Kier molecular flexibility index (Phi) is 3.92. The lowest BCUT2D eigenvalue weighted by molar-refractivity contribution is 0.0748. The van der Waals surface area contributed by atoms with E-state index in [-0.39, 0.29) is 5.91 Å². The number of benzene rings is 1. The molecule has 1 aliphatic heterocycles. The maximum atomic E-state index is 12.9. The Labute approximate surface area is 147 Å². The number of fused-ring (bicyclic) bond motifs is 1. The maximum Gasteiger partial charge on any atom is 0.257 e. The Bertz CT molecular complexity index is 922. The minimum absolute atomic E-state index is 0.0607. The molecule has 0 unspecified atom stereocenters. The van der Waals surface area contributed by atoms with Gasteiger partial charge in [-0.05, 0) is 43.2 Å². The van der Waals surface area contributed by atoms with Crippen LogP contribution in [-0.2, 0) is 0 Å². The molecule has 1 N–H and O–H groups in total. The number of aromatic nitrogens is 2. The first-order valence-corrected chi connectivity index (χ1v) is 8.67. The number of amides is 1. The number of aryl methyl sites for hydroxylation is 1. The van der Waals surface area contributed by atoms with Crippen molar-refractivity contribution in [2.24, 2.45) is 0 Å². The largest absolute Gasteiger partial charge is 0.368 e. The molecule has 0 saturated carbocycles. The van der Waals surface area contributed by atoms with E-state index >= 15 is 0 Å². The first-order valence-electron chi connectivity index (χ1n) is 8.67. The quantitative estimate of drug-likeness (QED) is 0.783. The number of piperazine rings is 1. The van der Waals surface area contributed by atoms with Crippen LogP contribution in [0, 0.1) is 13.8 Å². The van der Waals surface area contributed by atoms with Crippen LogP contribution in [0.25, 0.3) is 11.0 Å². The average molecular weight is 334 g/mol. The van der Waals surface area contributed by atoms with Crippen LogP contribution in [0.5, 0.6) is 0 Å². The Morgan fingerprint density at radius 3 is 2.68 bits per heavy atom. The third-order valence-electron chi connectivity index (χ3n) is 5.15. The lowest BCUT2D eigenvalue weighted by Gasteiger charge is -2.37. The Morgan fingerprint density at radius 2 is 1.88 bits per heavy atom. The first-order chi connectivity index (χ1) is 12.1. The Balaban J connectivity index is 1.50. The van der Waals surface area contributed by atoms with Gasteiger partial charge in [0.1, 0.15) is 5.52 Å². The average Bonchev–Trinajstić information content (AvgIpc) is 3.08. The fourth-order valence-electron chi connectivity index (χ4n) is 3.52. The van der Waals surface area contributed by atoms with Crippen molar-refractivity contribution in [2.45, 2.75) is 13.8 Å². The zero-order chi connectivity index (χ0) is 17.4. The van der Waals surface area contributed by atoms with Crippen molar-refractivity contribution in [2.75, 3.05) is 31.1 Å². The van der Waals surface area contributed by atoms with Crippen LogP contribution in [0.4, 0.5) is 5.69 Å². The van der Waals surface area contributed by atoms with Crippen molar-refractivity contribution in [1.82, 2.24) is 14.9 Å². The van der Waals surface area contributed by atoms with Gasteiger partial charge in [0.15, 0.2) is 0 Å². The molecule has 3 heterocycles. The number of H-pyrrole nitrogens is 1. The highest BCUT2D eigenvalue weighted by atomic mass is 16.2. The second kappa shape index (κ2) is 6.24. The second-order valence-corrected chi connectivity index (χ2v) is 6.60. The monoisotopic (exact) mass is 334 g/mol. The molecular weight excluding hydrogens is 312 g/mol. The predicted molar refractivity (Wildman–Crippen MR) is 100 cm³/mol. The van der Waals surface area contributed by atoms with E-state index in [0.717, 1.165) is 37.2 Å². The minimum atomic E-state index is 0.0607. The summed E-state index contributed by atoms with van der Waals surface area (Å²) in [5.74, 6) is 0.0607. The summed E-state index contributed by atoms with van der Waals surface area (Å²) in [6.07, 6.45) is 3.50. The molecule has 0 spiro atoms. The highest BCUT2D eigenvalue weighted by Crippen LogP contribution is 2.25. The summed E-state index contributed by atoms with van der Waals surface area (Å²) in [6.45, 7) is 7.47. The number of anilines is 1. The van der Waals surface area contributed by atoms with Gasteiger partial charge in [-0.15, -0.1) is 0 Å². The highest BCUT2D eigenvalue weighted by Gasteiger charge is 2.25. The van der Waals surface area contributed by atoms with E-state index in [2.05, 4.69) is 46.9 Å². The number of hydrogen-bond donors (Lipinski definition) is 1. The van der Waals surface area contributed by atoms with Gasteiger partial charge < -0.3 is 14.8 Å². The van der Waals surface area contributed by atoms with E-state index in [1.54, 1.807) is 12.4 Å². The number of carbonyl (C=O) groups excluding carboxylic acids is 1. The molecule has 1 aliphatic rings. The molecule has 1 aromatic carbocycles. The van der Waals surface area contributed by atoms with Crippen molar-refractivity contribution >= 4 is 22.6 Å². The number of hydrogen-bond acceptors (Lipinski definition) is 3. The molecule has 1 saturated heterocycles. The summed E-state index contributed by atoms with van der Waals surface area (Å²) in [5.41, 5.74) is 6.23. The number of nitrogens with one attached hydrogen (secondary N) is 1. The van der Waals surface area contributed by atoms with Crippen LogP contribution in [0.15, 0.2) is 42.7 Å². The van der Waals surface area contributed by atoms with Crippen molar-refractivity contribution < 1.29 is 4.79 Å². The van der Waals surface area contributed by atoms with Crippen molar-refractivity contribution in [1.29, 1.82) is 0 Å². The number of aromatic amines is 1. The first kappa shape index (κ1) is 15.7. The van der Waals surface area contributed by atoms with E-state index in [4.69, 9.17) is 0 Å². The van der Waals surface area contributed by atoms with Crippen LogP contribution in [0.3, 0.4) is 0 Å². The standard InChI is InChI=1S/C20H22N4O/c1-14-5-3-7-18(15(14)2)23-9-11-24(12-10-23)20(25)16-13-22-17-6-4-8-21-19(16)17/h3-8,13,22H,9-12H2,1-2H3. The molecule has 1 fully saturated rings. The molecule has 4 rings (SSSR count). The van der Waals surface area contributed by atoms with E-state index in [9.17, 15) is 4.79 Å². The van der Waals surface area contributed by atoms with Crippen LogP contribution < -0.4 is 4.90 Å². The van der Waals surface area contributed by atoms with E-state index in [1.807, 2.05) is 17.0 Å². The fraction of sp³-hybridized carbons (Fsp3) is 0.300. The van der Waals surface area contributed by atoms with Crippen LogP contribution in [-0.4, -0.2) is 47.0 Å². The van der Waals surface area contributed by atoms with Crippen molar-refractivity contribution in [3.63, 3.8) is 0 Å². The zero-order valence-corrected chi connectivity index (χ0v) is 14.6. The number of pyridine rings is 1. The third-order valence-corrected chi connectivity index (χ3v) is 5.15. The summed E-state index contributed by atoms with van der Waals surface area (Å²) >= 11 is 0. The molecule has 0 radical (unpaired) electrons. The Hall–Kier alpha value is -2.82. The topological polar surface area (TPSA) is 52.2 Å². The van der Waals surface area contributed by atoms with Crippen molar-refractivity contribution in [3.05, 3.63) is 59.4 Å². The van der Waals surface area contributed by atoms with Crippen LogP contribution in [0.1, 0.15) is 21.5 Å². The summed E-state index contributed by atoms with van der Waals surface area (Å²) in [7, 11) is 0. The van der Waals surface area contributed by atoms with Crippen LogP contribution >= 0.6 is 0 Å². The SMILES string of the molecule is Cc1cccc(N2CCN(C(=O)c3c[nH]c4cccnc34)CC2)c1C. The van der Waals surface area contributed by atoms with Gasteiger partial charge >= 0.3 is 0 Å². The molecule has 1 amide bonds. The van der Waals surface area contributed by atoms with Crippen LogP contribution in [0.2, 0.25) is 0 Å². The normalized spacial score (nSPS) is 15.0. The number of carbonyl (C=O) groups is 1. The molecule has 128 valence electrons.